The van der Waals surface area contributed by atoms with Gasteiger partial charge >= 0.3 is 6.18 Å². The van der Waals surface area contributed by atoms with E-state index in [9.17, 15) is 13.2 Å². The van der Waals surface area contributed by atoms with Crippen molar-refractivity contribution in [3.8, 4) is 11.6 Å². The van der Waals surface area contributed by atoms with Crippen molar-refractivity contribution in [2.75, 3.05) is 11.9 Å². The number of nitrogens with one attached hydrogen (secondary N) is 1. The smallest absolute Gasteiger partial charge is 0.433 e. The summed E-state index contributed by atoms with van der Waals surface area (Å²) in [7, 11) is 0. The molecule has 21 heavy (non-hydrogen) atoms. The van der Waals surface area contributed by atoms with Crippen LogP contribution in [0, 0.1) is 0 Å². The summed E-state index contributed by atoms with van der Waals surface area (Å²) in [6.45, 7) is 2.14. The van der Waals surface area contributed by atoms with Gasteiger partial charge in [-0.25, -0.2) is 4.98 Å². The minimum atomic E-state index is -4.56. The van der Waals surface area contributed by atoms with E-state index in [0.717, 1.165) is 10.5 Å². The van der Waals surface area contributed by atoms with Gasteiger partial charge in [0.2, 0.25) is 11.8 Å². The molecule has 112 valence electrons. The first kappa shape index (κ1) is 15.6. The maximum absolute atomic E-state index is 12.8. The number of halogens is 4. The van der Waals surface area contributed by atoms with Gasteiger partial charge in [-0.1, -0.05) is 15.9 Å². The van der Waals surface area contributed by atoms with E-state index in [-0.39, 0.29) is 11.8 Å². The molecular weight excluding hydrogens is 351 g/mol. The second-order valence-electron chi connectivity index (χ2n) is 4.00. The van der Waals surface area contributed by atoms with Gasteiger partial charge in [-0.3, -0.25) is 0 Å². The van der Waals surface area contributed by atoms with Crippen molar-refractivity contribution >= 4 is 21.9 Å². The van der Waals surface area contributed by atoms with Crippen molar-refractivity contribution in [3.05, 3.63) is 40.5 Å². The largest absolute Gasteiger partial charge is 0.439 e. The van der Waals surface area contributed by atoms with Crippen molar-refractivity contribution in [3.63, 3.8) is 0 Å². The monoisotopic (exact) mass is 361 g/mol. The summed E-state index contributed by atoms with van der Waals surface area (Å²) in [5.74, 6) is 0.0857. The highest BCUT2D eigenvalue weighted by Gasteiger charge is 2.34. The van der Waals surface area contributed by atoms with Crippen molar-refractivity contribution in [1.29, 1.82) is 0 Å². The van der Waals surface area contributed by atoms with E-state index < -0.39 is 11.9 Å². The molecule has 2 rings (SSSR count). The molecule has 0 atom stereocenters. The minimum Gasteiger partial charge on any atom is -0.439 e. The maximum Gasteiger partial charge on any atom is 0.433 e. The van der Waals surface area contributed by atoms with Gasteiger partial charge in [0.1, 0.15) is 5.75 Å². The van der Waals surface area contributed by atoms with Crippen molar-refractivity contribution in [2.45, 2.75) is 13.1 Å². The molecule has 0 spiro atoms. The number of anilines is 1. The Bertz CT molecular complexity index is 617. The van der Waals surface area contributed by atoms with E-state index in [1.807, 2.05) is 0 Å². The van der Waals surface area contributed by atoms with Crippen LogP contribution < -0.4 is 10.1 Å². The van der Waals surface area contributed by atoms with Crippen LogP contribution in [0.15, 0.2) is 34.8 Å². The summed E-state index contributed by atoms with van der Waals surface area (Å²) < 4.78 is 44.6. The summed E-state index contributed by atoms with van der Waals surface area (Å²) in [4.78, 5) is 7.31. The molecule has 0 saturated heterocycles. The van der Waals surface area contributed by atoms with Gasteiger partial charge < -0.3 is 10.1 Å². The third-order valence-corrected chi connectivity index (χ3v) is 2.89. The Morgan fingerprint density at radius 2 is 1.86 bits per heavy atom. The molecular formula is C13H11BrF3N3O. The van der Waals surface area contributed by atoms with Gasteiger partial charge in [0, 0.05) is 17.1 Å². The number of hydrogen-bond acceptors (Lipinski definition) is 4. The average molecular weight is 362 g/mol. The molecule has 0 fully saturated rings. The van der Waals surface area contributed by atoms with Gasteiger partial charge in [0.25, 0.3) is 0 Å². The van der Waals surface area contributed by atoms with Crippen LogP contribution in [0.2, 0.25) is 0 Å². The molecule has 4 nitrogen and oxygen atoms in total. The lowest BCUT2D eigenvalue weighted by atomic mass is 10.3. The van der Waals surface area contributed by atoms with Gasteiger partial charge in [0.05, 0.1) is 0 Å². The van der Waals surface area contributed by atoms with Crippen LogP contribution in [0.3, 0.4) is 0 Å². The quantitative estimate of drug-likeness (QED) is 0.871. The number of benzene rings is 1. The Hall–Kier alpha value is -1.83. The molecule has 2 aromatic rings. The lowest BCUT2D eigenvalue weighted by Crippen LogP contribution is -2.12. The molecule has 1 aromatic heterocycles. The fourth-order valence-corrected chi connectivity index (χ4v) is 1.75. The van der Waals surface area contributed by atoms with E-state index in [1.54, 1.807) is 31.2 Å². The number of hydrogen-bond donors (Lipinski definition) is 1. The van der Waals surface area contributed by atoms with Crippen LogP contribution in [-0.4, -0.2) is 16.5 Å². The van der Waals surface area contributed by atoms with E-state index in [4.69, 9.17) is 4.74 Å². The molecule has 8 heteroatoms. The molecule has 0 bridgehead atoms. The van der Waals surface area contributed by atoms with E-state index in [1.165, 1.54) is 0 Å². The van der Waals surface area contributed by atoms with Crippen molar-refractivity contribution in [1.82, 2.24) is 9.97 Å². The molecule has 1 N–H and O–H groups in total. The Kier molecular flexibility index (Phi) is 4.66. The normalized spacial score (nSPS) is 11.3. The molecule has 1 aromatic carbocycles. The maximum atomic E-state index is 12.8. The predicted molar refractivity (Wildman–Crippen MR) is 75.4 cm³/mol. The summed E-state index contributed by atoms with van der Waals surface area (Å²) in [6, 6.07) is 7.43. The highest BCUT2D eigenvalue weighted by Crippen LogP contribution is 2.31. The highest BCUT2D eigenvalue weighted by atomic mass is 79.9. The molecule has 0 aliphatic rings. The second kappa shape index (κ2) is 6.30. The minimum absolute atomic E-state index is 0.126. The summed E-state index contributed by atoms with van der Waals surface area (Å²) in [5, 5.41) is 2.65. The lowest BCUT2D eigenvalue weighted by molar-refractivity contribution is -0.141. The molecule has 0 amide bonds. The lowest BCUT2D eigenvalue weighted by Gasteiger charge is -2.11. The Balaban J connectivity index is 2.33. The first-order valence-electron chi connectivity index (χ1n) is 6.02. The SMILES string of the molecule is CCNc1nc(Oc2ccc(Br)cc2)cc(C(F)(F)F)n1. The molecule has 0 aliphatic heterocycles. The Labute approximate surface area is 127 Å². The van der Waals surface area contributed by atoms with E-state index >= 15 is 0 Å². The summed E-state index contributed by atoms with van der Waals surface area (Å²) in [5.41, 5.74) is -1.06. The fraction of sp³-hybridized carbons (Fsp3) is 0.231. The molecule has 0 aliphatic carbocycles. The zero-order valence-corrected chi connectivity index (χ0v) is 12.5. The van der Waals surface area contributed by atoms with Crippen LogP contribution in [0.25, 0.3) is 0 Å². The number of aromatic nitrogens is 2. The van der Waals surface area contributed by atoms with Gasteiger partial charge in [-0.05, 0) is 31.2 Å². The van der Waals surface area contributed by atoms with Gasteiger partial charge in [-0.2, -0.15) is 18.2 Å². The highest BCUT2D eigenvalue weighted by molar-refractivity contribution is 9.10. The second-order valence-corrected chi connectivity index (χ2v) is 4.91. The van der Waals surface area contributed by atoms with E-state index in [0.29, 0.717) is 12.3 Å². The zero-order chi connectivity index (χ0) is 15.5. The van der Waals surface area contributed by atoms with Crippen LogP contribution in [-0.2, 0) is 6.18 Å². The summed E-state index contributed by atoms with van der Waals surface area (Å²) >= 11 is 3.26. The third kappa shape index (κ3) is 4.32. The van der Waals surface area contributed by atoms with Crippen LogP contribution in [0.5, 0.6) is 11.6 Å². The molecule has 0 unspecified atom stereocenters. The molecule has 1 heterocycles. The number of alkyl halides is 3. The first-order valence-corrected chi connectivity index (χ1v) is 6.81. The van der Waals surface area contributed by atoms with Crippen molar-refractivity contribution < 1.29 is 17.9 Å². The predicted octanol–water partition coefficient (Wildman–Crippen LogP) is 4.48. The summed E-state index contributed by atoms with van der Waals surface area (Å²) in [6.07, 6.45) is -4.56. The third-order valence-electron chi connectivity index (χ3n) is 2.36. The first-order chi connectivity index (χ1) is 9.88. The van der Waals surface area contributed by atoms with E-state index in [2.05, 4.69) is 31.2 Å². The standard InChI is InChI=1S/C13H11BrF3N3O/c1-2-18-12-19-10(13(15,16)17)7-11(20-12)21-9-5-3-8(14)4-6-9/h3-7H,2H2,1H3,(H,18,19,20). The Morgan fingerprint density at radius 3 is 2.43 bits per heavy atom. The van der Waals surface area contributed by atoms with Crippen LogP contribution in [0.4, 0.5) is 19.1 Å². The molecule has 0 radical (unpaired) electrons. The van der Waals surface area contributed by atoms with Gasteiger partial charge in [0.15, 0.2) is 5.69 Å². The topological polar surface area (TPSA) is 47.0 Å². The number of nitrogens with zero attached hydrogens (tertiary/aromatic N) is 2. The molecule has 0 saturated carbocycles. The van der Waals surface area contributed by atoms with Crippen LogP contribution in [0.1, 0.15) is 12.6 Å². The zero-order valence-electron chi connectivity index (χ0n) is 10.9. The average Bonchev–Trinajstić information content (AvgIpc) is 2.41. The van der Waals surface area contributed by atoms with Gasteiger partial charge in [-0.15, -0.1) is 0 Å². The fourth-order valence-electron chi connectivity index (χ4n) is 1.48. The number of ether oxygens (including phenoxy) is 1. The Morgan fingerprint density at radius 1 is 1.19 bits per heavy atom. The van der Waals surface area contributed by atoms with Crippen molar-refractivity contribution in [2.24, 2.45) is 0 Å². The number of rotatable bonds is 4. The van der Waals surface area contributed by atoms with Crippen LogP contribution >= 0.6 is 15.9 Å².